The van der Waals surface area contributed by atoms with Crippen molar-refractivity contribution in [2.75, 3.05) is 26.7 Å². The summed E-state index contributed by atoms with van der Waals surface area (Å²) < 4.78 is 5.28. The van der Waals surface area contributed by atoms with Crippen LogP contribution in [0.5, 0.6) is 0 Å². The van der Waals surface area contributed by atoms with E-state index in [9.17, 15) is 9.59 Å². The first-order valence-electron chi connectivity index (χ1n) is 6.83. The second-order valence-electron chi connectivity index (χ2n) is 4.80. The molecular formula is C14H20N2O3S. The van der Waals surface area contributed by atoms with Crippen molar-refractivity contribution in [3.63, 3.8) is 0 Å². The highest BCUT2D eigenvalue weighted by Crippen LogP contribution is 2.13. The number of amides is 2. The lowest BCUT2D eigenvalue weighted by Crippen LogP contribution is -2.41. The van der Waals surface area contributed by atoms with Crippen LogP contribution in [0.2, 0.25) is 0 Å². The fourth-order valence-corrected chi connectivity index (χ4v) is 2.92. The summed E-state index contributed by atoms with van der Waals surface area (Å²) in [7, 11) is 1.71. The Labute approximate surface area is 122 Å². The molecule has 2 heterocycles. The molecule has 6 heteroatoms. The summed E-state index contributed by atoms with van der Waals surface area (Å²) in [4.78, 5) is 26.2. The van der Waals surface area contributed by atoms with Gasteiger partial charge in [-0.1, -0.05) is 6.07 Å². The smallest absolute Gasteiger partial charge is 0.261 e. The van der Waals surface area contributed by atoms with E-state index in [2.05, 4.69) is 5.32 Å². The van der Waals surface area contributed by atoms with Crippen LogP contribution in [0.1, 0.15) is 28.9 Å². The number of thiophene rings is 1. The number of piperidine rings is 1. The fraction of sp³-hybridized carbons (Fsp3) is 0.571. The maximum atomic E-state index is 12.0. The van der Waals surface area contributed by atoms with Crippen LogP contribution < -0.4 is 5.32 Å². The van der Waals surface area contributed by atoms with Crippen molar-refractivity contribution in [2.45, 2.75) is 25.4 Å². The number of nitrogens with zero attached hydrogens (tertiary/aromatic N) is 1. The van der Waals surface area contributed by atoms with E-state index in [-0.39, 0.29) is 17.9 Å². The van der Waals surface area contributed by atoms with Crippen LogP contribution in [0.25, 0.3) is 0 Å². The molecule has 1 saturated heterocycles. The molecule has 0 bridgehead atoms. The topological polar surface area (TPSA) is 58.6 Å². The Morgan fingerprint density at radius 1 is 1.45 bits per heavy atom. The highest BCUT2D eigenvalue weighted by atomic mass is 32.1. The number of ether oxygens (including phenoxy) is 1. The Balaban J connectivity index is 1.67. The molecule has 2 rings (SSSR count). The number of carbonyl (C=O) groups is 2. The molecule has 1 aliphatic rings. The number of likely N-dealkylation sites (tertiary alicyclic amines) is 1. The summed E-state index contributed by atoms with van der Waals surface area (Å²) in [6.45, 7) is 1.88. The van der Waals surface area contributed by atoms with Crippen molar-refractivity contribution < 1.29 is 14.3 Å². The van der Waals surface area contributed by atoms with Crippen LogP contribution in [0.4, 0.5) is 0 Å². The molecule has 1 aliphatic heterocycles. The molecule has 0 saturated carbocycles. The third-order valence-electron chi connectivity index (χ3n) is 3.50. The van der Waals surface area contributed by atoms with Crippen LogP contribution in [0.15, 0.2) is 17.5 Å². The average Bonchev–Trinajstić information content (AvgIpc) is 3.01. The van der Waals surface area contributed by atoms with Crippen LogP contribution >= 0.6 is 11.3 Å². The number of nitrogens with one attached hydrogen (secondary N) is 1. The molecule has 0 aliphatic carbocycles. The van der Waals surface area contributed by atoms with Crippen LogP contribution in [-0.4, -0.2) is 49.6 Å². The molecular weight excluding hydrogens is 276 g/mol. The van der Waals surface area contributed by atoms with Gasteiger partial charge in [0.15, 0.2) is 0 Å². The number of hydrogen-bond acceptors (Lipinski definition) is 4. The zero-order chi connectivity index (χ0) is 14.4. The Morgan fingerprint density at radius 3 is 2.80 bits per heavy atom. The van der Waals surface area contributed by atoms with E-state index < -0.39 is 0 Å². The molecule has 0 aromatic carbocycles. The third-order valence-corrected chi connectivity index (χ3v) is 4.37. The molecule has 0 atom stereocenters. The van der Waals surface area contributed by atoms with Gasteiger partial charge in [-0.15, -0.1) is 11.3 Å². The molecule has 5 nitrogen and oxygen atoms in total. The minimum Gasteiger partial charge on any atom is -0.381 e. The van der Waals surface area contributed by atoms with Gasteiger partial charge in [-0.2, -0.15) is 0 Å². The highest BCUT2D eigenvalue weighted by molar-refractivity contribution is 7.12. The van der Waals surface area contributed by atoms with Gasteiger partial charge in [0.05, 0.1) is 11.0 Å². The van der Waals surface area contributed by atoms with Gasteiger partial charge in [-0.3, -0.25) is 9.59 Å². The summed E-state index contributed by atoms with van der Waals surface area (Å²) in [5.41, 5.74) is 0. The summed E-state index contributed by atoms with van der Waals surface area (Å²) in [6, 6.07) is 3.61. The van der Waals surface area contributed by atoms with E-state index >= 15 is 0 Å². The van der Waals surface area contributed by atoms with E-state index in [1.165, 1.54) is 11.3 Å². The van der Waals surface area contributed by atoms with Gasteiger partial charge in [-0.25, -0.2) is 0 Å². The van der Waals surface area contributed by atoms with Crippen molar-refractivity contribution in [1.29, 1.82) is 0 Å². The van der Waals surface area contributed by atoms with E-state index in [1.54, 1.807) is 13.2 Å². The Hall–Kier alpha value is -1.40. The van der Waals surface area contributed by atoms with Crippen molar-refractivity contribution in [1.82, 2.24) is 10.2 Å². The molecule has 2 amide bonds. The van der Waals surface area contributed by atoms with Crippen molar-refractivity contribution >= 4 is 23.2 Å². The number of rotatable bonds is 5. The van der Waals surface area contributed by atoms with Gasteiger partial charge in [0.2, 0.25) is 5.91 Å². The number of methoxy groups -OCH3 is 1. The molecule has 110 valence electrons. The van der Waals surface area contributed by atoms with E-state index in [4.69, 9.17) is 4.74 Å². The molecule has 1 fully saturated rings. The van der Waals surface area contributed by atoms with Gasteiger partial charge in [0.25, 0.3) is 5.91 Å². The minimum atomic E-state index is -0.106. The summed E-state index contributed by atoms with van der Waals surface area (Å²) in [5.74, 6) is -0.00285. The molecule has 0 unspecified atom stereocenters. The minimum absolute atomic E-state index is 0.103. The molecule has 20 heavy (non-hydrogen) atoms. The first-order valence-corrected chi connectivity index (χ1v) is 7.71. The molecule has 0 spiro atoms. The maximum Gasteiger partial charge on any atom is 0.261 e. The number of hydrogen-bond donors (Lipinski definition) is 1. The predicted octanol–water partition coefficient (Wildman–Crippen LogP) is 1.51. The van der Waals surface area contributed by atoms with Crippen LogP contribution in [0.3, 0.4) is 0 Å². The van der Waals surface area contributed by atoms with Crippen LogP contribution in [-0.2, 0) is 9.53 Å². The first-order chi connectivity index (χ1) is 9.70. The highest BCUT2D eigenvalue weighted by Gasteiger charge is 2.22. The average molecular weight is 296 g/mol. The van der Waals surface area contributed by atoms with Gasteiger partial charge in [0.1, 0.15) is 0 Å². The van der Waals surface area contributed by atoms with Gasteiger partial charge in [0, 0.05) is 33.2 Å². The molecule has 0 radical (unpaired) electrons. The zero-order valence-corrected chi connectivity index (χ0v) is 12.4. The third kappa shape index (κ3) is 4.05. The first kappa shape index (κ1) is 15.0. The monoisotopic (exact) mass is 296 g/mol. The SMILES string of the molecule is COC1CCN(C(=O)CCNC(=O)c2cccs2)CC1. The lowest BCUT2D eigenvalue weighted by atomic mass is 10.1. The lowest BCUT2D eigenvalue weighted by Gasteiger charge is -2.31. The Morgan fingerprint density at radius 2 is 2.20 bits per heavy atom. The maximum absolute atomic E-state index is 12.0. The Bertz CT molecular complexity index is 439. The molecule has 1 aromatic heterocycles. The standard InChI is InChI=1S/C14H20N2O3S/c1-19-11-5-8-16(9-6-11)13(17)4-7-15-14(18)12-3-2-10-20-12/h2-3,10-11H,4-9H2,1H3,(H,15,18). The van der Waals surface area contributed by atoms with Crippen molar-refractivity contribution in [3.8, 4) is 0 Å². The second-order valence-corrected chi connectivity index (χ2v) is 5.75. The largest absolute Gasteiger partial charge is 0.381 e. The predicted molar refractivity (Wildman–Crippen MR) is 77.9 cm³/mol. The van der Waals surface area contributed by atoms with E-state index in [0.29, 0.717) is 17.8 Å². The van der Waals surface area contributed by atoms with Crippen LogP contribution in [0, 0.1) is 0 Å². The van der Waals surface area contributed by atoms with E-state index in [0.717, 1.165) is 25.9 Å². The molecule has 1 N–H and O–H groups in total. The fourth-order valence-electron chi connectivity index (χ4n) is 2.28. The summed E-state index contributed by atoms with van der Waals surface area (Å²) in [6.07, 6.45) is 2.42. The van der Waals surface area contributed by atoms with Gasteiger partial charge < -0.3 is 15.0 Å². The van der Waals surface area contributed by atoms with Crippen molar-refractivity contribution in [3.05, 3.63) is 22.4 Å². The second kappa shape index (κ2) is 7.40. The number of carbonyl (C=O) groups excluding carboxylic acids is 2. The molecule has 1 aromatic rings. The zero-order valence-electron chi connectivity index (χ0n) is 11.6. The van der Waals surface area contributed by atoms with E-state index in [1.807, 2.05) is 16.3 Å². The van der Waals surface area contributed by atoms with Gasteiger partial charge >= 0.3 is 0 Å². The quantitative estimate of drug-likeness (QED) is 0.896. The Kier molecular flexibility index (Phi) is 5.55. The summed E-state index contributed by atoms with van der Waals surface area (Å²) >= 11 is 1.40. The summed E-state index contributed by atoms with van der Waals surface area (Å²) in [5, 5.41) is 4.64. The normalized spacial score (nSPS) is 16.1. The van der Waals surface area contributed by atoms with Gasteiger partial charge in [-0.05, 0) is 24.3 Å². The van der Waals surface area contributed by atoms with Crippen molar-refractivity contribution in [2.24, 2.45) is 0 Å². The lowest BCUT2D eigenvalue weighted by molar-refractivity contribution is -0.133.